The van der Waals surface area contributed by atoms with Gasteiger partial charge in [-0.05, 0) is 37.1 Å². The van der Waals surface area contributed by atoms with Crippen molar-refractivity contribution in [2.75, 3.05) is 39.3 Å². The van der Waals surface area contributed by atoms with E-state index in [1.165, 1.54) is 12.1 Å². The molecule has 1 fully saturated rings. The Labute approximate surface area is 110 Å². The van der Waals surface area contributed by atoms with Crippen molar-refractivity contribution in [2.45, 2.75) is 13.8 Å². The lowest BCUT2D eigenvalue weighted by Gasteiger charge is -2.21. The van der Waals surface area contributed by atoms with Crippen molar-refractivity contribution in [1.29, 1.82) is 0 Å². The molecule has 100 valence electrons. The summed E-state index contributed by atoms with van der Waals surface area (Å²) in [5.74, 6) is 1.71. The van der Waals surface area contributed by atoms with E-state index in [0.29, 0.717) is 0 Å². The number of nitrogens with one attached hydrogen (secondary N) is 1. The molecule has 1 saturated heterocycles. The van der Waals surface area contributed by atoms with Gasteiger partial charge in [-0.1, -0.05) is 19.1 Å². The maximum absolute atomic E-state index is 5.80. The van der Waals surface area contributed by atoms with Gasteiger partial charge in [-0.3, -0.25) is 4.90 Å². The van der Waals surface area contributed by atoms with Crippen LogP contribution in [0, 0.1) is 12.8 Å². The third-order valence-corrected chi connectivity index (χ3v) is 3.33. The quantitative estimate of drug-likeness (QED) is 0.881. The Balaban J connectivity index is 1.74. The molecule has 1 aromatic carbocycles. The normalized spacial score (nSPS) is 21.6. The van der Waals surface area contributed by atoms with Crippen molar-refractivity contribution >= 4 is 0 Å². The molecule has 1 aromatic rings. The maximum atomic E-state index is 5.80. The van der Waals surface area contributed by atoms with Crippen LogP contribution in [0.2, 0.25) is 0 Å². The highest BCUT2D eigenvalue weighted by Crippen LogP contribution is 2.12. The van der Waals surface area contributed by atoms with Gasteiger partial charge in [0.15, 0.2) is 0 Å². The van der Waals surface area contributed by atoms with Crippen LogP contribution in [-0.4, -0.2) is 44.2 Å². The van der Waals surface area contributed by atoms with Crippen LogP contribution in [0.15, 0.2) is 24.3 Å². The van der Waals surface area contributed by atoms with Gasteiger partial charge in [0.1, 0.15) is 12.4 Å². The zero-order valence-electron chi connectivity index (χ0n) is 11.5. The molecule has 1 unspecified atom stereocenters. The van der Waals surface area contributed by atoms with Crippen LogP contribution in [0.3, 0.4) is 0 Å². The number of hydrogen-bond donors (Lipinski definition) is 1. The molecule has 0 aromatic heterocycles. The standard InChI is InChI=1S/C15H24N2O/c1-13-4-3-5-15(10-13)18-9-8-17-7-6-16-11-14(2)12-17/h3-5,10,14,16H,6-9,11-12H2,1-2H3. The molecular formula is C15H24N2O. The van der Waals surface area contributed by atoms with Crippen molar-refractivity contribution in [3.05, 3.63) is 29.8 Å². The van der Waals surface area contributed by atoms with Gasteiger partial charge < -0.3 is 10.1 Å². The highest BCUT2D eigenvalue weighted by Gasteiger charge is 2.13. The van der Waals surface area contributed by atoms with Gasteiger partial charge in [-0.25, -0.2) is 0 Å². The number of nitrogens with zero attached hydrogens (tertiary/aromatic N) is 1. The Bertz CT molecular complexity index is 367. The topological polar surface area (TPSA) is 24.5 Å². The summed E-state index contributed by atoms with van der Waals surface area (Å²) in [4.78, 5) is 2.49. The lowest BCUT2D eigenvalue weighted by Crippen LogP contribution is -2.33. The second-order valence-corrected chi connectivity index (χ2v) is 5.27. The third kappa shape index (κ3) is 4.31. The first kappa shape index (κ1) is 13.4. The molecule has 0 bridgehead atoms. The lowest BCUT2D eigenvalue weighted by molar-refractivity contribution is 0.204. The predicted octanol–water partition coefficient (Wildman–Crippen LogP) is 1.92. The number of benzene rings is 1. The fourth-order valence-electron chi connectivity index (χ4n) is 2.38. The summed E-state index contributed by atoms with van der Waals surface area (Å²) in [6.07, 6.45) is 0. The van der Waals surface area contributed by atoms with E-state index in [1.807, 2.05) is 12.1 Å². The van der Waals surface area contributed by atoms with E-state index in [1.54, 1.807) is 0 Å². The molecule has 3 nitrogen and oxygen atoms in total. The van der Waals surface area contributed by atoms with Crippen LogP contribution in [0.1, 0.15) is 12.5 Å². The number of rotatable bonds is 4. The highest BCUT2D eigenvalue weighted by molar-refractivity contribution is 5.27. The lowest BCUT2D eigenvalue weighted by atomic mass is 10.2. The first-order valence-corrected chi connectivity index (χ1v) is 6.86. The van der Waals surface area contributed by atoms with Crippen LogP contribution >= 0.6 is 0 Å². The van der Waals surface area contributed by atoms with Gasteiger partial charge in [0, 0.05) is 26.2 Å². The van der Waals surface area contributed by atoms with E-state index in [-0.39, 0.29) is 0 Å². The second-order valence-electron chi connectivity index (χ2n) is 5.27. The molecule has 18 heavy (non-hydrogen) atoms. The first-order chi connectivity index (χ1) is 8.74. The minimum atomic E-state index is 0.728. The monoisotopic (exact) mass is 248 g/mol. The minimum absolute atomic E-state index is 0.728. The zero-order chi connectivity index (χ0) is 12.8. The zero-order valence-corrected chi connectivity index (χ0v) is 11.5. The maximum Gasteiger partial charge on any atom is 0.119 e. The summed E-state index contributed by atoms with van der Waals surface area (Å²) < 4.78 is 5.80. The summed E-state index contributed by atoms with van der Waals surface area (Å²) >= 11 is 0. The third-order valence-electron chi connectivity index (χ3n) is 3.33. The van der Waals surface area contributed by atoms with E-state index in [0.717, 1.165) is 44.5 Å². The predicted molar refractivity (Wildman–Crippen MR) is 75.1 cm³/mol. The van der Waals surface area contributed by atoms with Crippen LogP contribution in [0.5, 0.6) is 5.75 Å². The van der Waals surface area contributed by atoms with Gasteiger partial charge in [-0.2, -0.15) is 0 Å². The van der Waals surface area contributed by atoms with Crippen LogP contribution in [0.25, 0.3) is 0 Å². The Morgan fingerprint density at radius 1 is 1.44 bits per heavy atom. The van der Waals surface area contributed by atoms with Gasteiger partial charge in [0.05, 0.1) is 0 Å². The summed E-state index contributed by atoms with van der Waals surface area (Å²) in [6.45, 7) is 10.7. The number of ether oxygens (including phenoxy) is 1. The summed E-state index contributed by atoms with van der Waals surface area (Å²) in [5, 5.41) is 3.46. The van der Waals surface area contributed by atoms with Crippen LogP contribution in [0.4, 0.5) is 0 Å². The molecule has 1 aliphatic heterocycles. The minimum Gasteiger partial charge on any atom is -0.492 e. The van der Waals surface area contributed by atoms with Crippen molar-refractivity contribution in [1.82, 2.24) is 10.2 Å². The van der Waals surface area contributed by atoms with Crippen LogP contribution in [-0.2, 0) is 0 Å². The molecule has 1 heterocycles. The van der Waals surface area contributed by atoms with E-state index in [4.69, 9.17) is 4.74 Å². The Hall–Kier alpha value is -1.06. The van der Waals surface area contributed by atoms with Crippen molar-refractivity contribution in [2.24, 2.45) is 5.92 Å². The highest BCUT2D eigenvalue weighted by atomic mass is 16.5. The molecule has 2 rings (SSSR count). The summed E-state index contributed by atoms with van der Waals surface area (Å²) in [6, 6.07) is 8.25. The molecule has 0 amide bonds. The van der Waals surface area contributed by atoms with E-state index < -0.39 is 0 Å². The average Bonchev–Trinajstić information content (AvgIpc) is 2.54. The fourth-order valence-corrected chi connectivity index (χ4v) is 2.38. The van der Waals surface area contributed by atoms with E-state index in [2.05, 4.69) is 36.2 Å². The molecule has 1 N–H and O–H groups in total. The van der Waals surface area contributed by atoms with Gasteiger partial charge in [-0.15, -0.1) is 0 Å². The molecule has 0 spiro atoms. The molecular weight excluding hydrogens is 224 g/mol. The van der Waals surface area contributed by atoms with Gasteiger partial charge in [0.25, 0.3) is 0 Å². The average molecular weight is 248 g/mol. The van der Waals surface area contributed by atoms with E-state index in [9.17, 15) is 0 Å². The summed E-state index contributed by atoms with van der Waals surface area (Å²) in [5.41, 5.74) is 1.25. The SMILES string of the molecule is Cc1cccc(OCCN2CCNCC(C)C2)c1. The Kier molecular flexibility index (Phi) is 5.02. The number of hydrogen-bond acceptors (Lipinski definition) is 3. The van der Waals surface area contributed by atoms with Crippen molar-refractivity contribution in [3.63, 3.8) is 0 Å². The van der Waals surface area contributed by atoms with Crippen LogP contribution < -0.4 is 10.1 Å². The van der Waals surface area contributed by atoms with E-state index >= 15 is 0 Å². The smallest absolute Gasteiger partial charge is 0.119 e. The molecule has 0 aliphatic carbocycles. The van der Waals surface area contributed by atoms with Crippen molar-refractivity contribution in [3.8, 4) is 5.75 Å². The molecule has 0 radical (unpaired) electrons. The summed E-state index contributed by atoms with van der Waals surface area (Å²) in [7, 11) is 0. The molecule has 1 atom stereocenters. The fraction of sp³-hybridized carbons (Fsp3) is 0.600. The van der Waals surface area contributed by atoms with Gasteiger partial charge in [0.2, 0.25) is 0 Å². The molecule has 0 saturated carbocycles. The number of aryl methyl sites for hydroxylation is 1. The Morgan fingerprint density at radius 3 is 3.17 bits per heavy atom. The Morgan fingerprint density at radius 2 is 2.33 bits per heavy atom. The van der Waals surface area contributed by atoms with Crippen molar-refractivity contribution < 1.29 is 4.74 Å². The largest absolute Gasteiger partial charge is 0.492 e. The first-order valence-electron chi connectivity index (χ1n) is 6.86. The van der Waals surface area contributed by atoms with Gasteiger partial charge >= 0.3 is 0 Å². The molecule has 3 heteroatoms. The second kappa shape index (κ2) is 6.76. The molecule has 1 aliphatic rings.